The molecule has 0 saturated heterocycles. The zero-order valence-corrected chi connectivity index (χ0v) is 12.2. The Morgan fingerprint density at radius 2 is 2.24 bits per heavy atom. The third-order valence-electron chi connectivity index (χ3n) is 4.04. The number of urea groups is 1. The van der Waals surface area contributed by atoms with Crippen LogP contribution in [0.15, 0.2) is 11.3 Å². The minimum absolute atomic E-state index is 0.178. The summed E-state index contributed by atoms with van der Waals surface area (Å²) >= 11 is 0. The van der Waals surface area contributed by atoms with Crippen molar-refractivity contribution >= 4 is 11.9 Å². The van der Waals surface area contributed by atoms with Gasteiger partial charge < -0.3 is 16.0 Å². The van der Waals surface area contributed by atoms with Gasteiger partial charge in [-0.3, -0.25) is 9.89 Å². The van der Waals surface area contributed by atoms with Crippen molar-refractivity contribution in [1.29, 1.82) is 0 Å². The van der Waals surface area contributed by atoms with Crippen molar-refractivity contribution in [1.82, 2.24) is 26.1 Å². The van der Waals surface area contributed by atoms with Crippen LogP contribution in [0, 0.1) is 0 Å². The molecule has 3 rings (SSSR count). The number of amides is 3. The highest BCUT2D eigenvalue weighted by Crippen LogP contribution is 2.22. The van der Waals surface area contributed by atoms with Gasteiger partial charge in [-0.05, 0) is 38.7 Å². The molecule has 7 nitrogen and oxygen atoms in total. The third-order valence-corrected chi connectivity index (χ3v) is 4.04. The van der Waals surface area contributed by atoms with Gasteiger partial charge in [0.2, 0.25) is 0 Å². The first-order valence-electron chi connectivity index (χ1n) is 7.17. The van der Waals surface area contributed by atoms with Crippen LogP contribution in [0.1, 0.15) is 37.2 Å². The molecule has 2 aliphatic rings. The fourth-order valence-electron chi connectivity index (χ4n) is 3.03. The maximum atomic E-state index is 12.3. The number of hydrogen-bond acceptors (Lipinski definition) is 3. The van der Waals surface area contributed by atoms with Gasteiger partial charge in [0.25, 0.3) is 5.91 Å². The summed E-state index contributed by atoms with van der Waals surface area (Å²) in [7, 11) is 0. The zero-order chi connectivity index (χ0) is 15.0. The second kappa shape index (κ2) is 5.23. The van der Waals surface area contributed by atoms with Gasteiger partial charge in [-0.25, -0.2) is 4.79 Å². The molecular weight excluding hydrogens is 270 g/mol. The van der Waals surface area contributed by atoms with E-state index in [0.29, 0.717) is 17.8 Å². The average molecular weight is 289 g/mol. The van der Waals surface area contributed by atoms with Gasteiger partial charge in [-0.15, -0.1) is 0 Å². The van der Waals surface area contributed by atoms with Gasteiger partial charge in [0, 0.05) is 11.4 Å². The van der Waals surface area contributed by atoms with E-state index in [-0.39, 0.29) is 18.0 Å². The smallest absolute Gasteiger partial charge is 0.319 e. The van der Waals surface area contributed by atoms with E-state index in [2.05, 4.69) is 26.1 Å². The molecule has 7 heteroatoms. The van der Waals surface area contributed by atoms with E-state index in [1.54, 1.807) is 13.8 Å². The molecule has 112 valence electrons. The monoisotopic (exact) mass is 289 g/mol. The summed E-state index contributed by atoms with van der Waals surface area (Å²) in [6.07, 6.45) is 3.20. The van der Waals surface area contributed by atoms with Crippen molar-refractivity contribution < 1.29 is 9.59 Å². The minimum atomic E-state index is -0.302. The number of allylic oxidation sites excluding steroid dienone is 1. The lowest BCUT2D eigenvalue weighted by molar-refractivity contribution is -0.118. The number of carbonyl (C=O) groups excluding carboxylic acids is 2. The molecule has 2 heterocycles. The minimum Gasteiger partial charge on any atom is -0.346 e. The summed E-state index contributed by atoms with van der Waals surface area (Å²) in [6, 6.07) is -0.578. The van der Waals surface area contributed by atoms with Crippen molar-refractivity contribution in [3.8, 4) is 0 Å². The van der Waals surface area contributed by atoms with E-state index >= 15 is 0 Å². The van der Waals surface area contributed by atoms with Gasteiger partial charge in [-0.2, -0.15) is 5.10 Å². The Balaban J connectivity index is 1.69. The van der Waals surface area contributed by atoms with Crippen molar-refractivity contribution in [3.05, 3.63) is 28.2 Å². The van der Waals surface area contributed by atoms with E-state index in [9.17, 15) is 9.59 Å². The Morgan fingerprint density at radius 1 is 1.43 bits per heavy atom. The quantitative estimate of drug-likeness (QED) is 0.651. The average Bonchev–Trinajstić information content (AvgIpc) is 2.98. The van der Waals surface area contributed by atoms with E-state index < -0.39 is 0 Å². The predicted molar refractivity (Wildman–Crippen MR) is 76.3 cm³/mol. The number of nitrogens with zero attached hydrogens (tertiary/aromatic N) is 1. The molecule has 1 aliphatic heterocycles. The number of nitrogens with one attached hydrogen (secondary N) is 4. The fourth-order valence-corrected chi connectivity index (χ4v) is 3.03. The summed E-state index contributed by atoms with van der Waals surface area (Å²) in [5.41, 5.74) is 4.49. The molecule has 3 amide bonds. The number of aryl methyl sites for hydroxylation is 1. The molecule has 0 radical (unpaired) electrons. The van der Waals surface area contributed by atoms with Crippen molar-refractivity contribution in [2.45, 2.75) is 45.7 Å². The van der Waals surface area contributed by atoms with Crippen molar-refractivity contribution in [2.24, 2.45) is 0 Å². The Labute approximate surface area is 122 Å². The molecule has 0 spiro atoms. The number of H-pyrrole nitrogens is 1. The molecule has 1 aromatic heterocycles. The Kier molecular flexibility index (Phi) is 3.40. The first-order valence-corrected chi connectivity index (χ1v) is 7.17. The molecule has 1 atom stereocenters. The molecule has 4 N–H and O–H groups in total. The summed E-state index contributed by atoms with van der Waals surface area (Å²) in [6.45, 7) is 3.93. The number of aromatic amines is 1. The highest BCUT2D eigenvalue weighted by molar-refractivity contribution is 5.98. The topological polar surface area (TPSA) is 98.9 Å². The van der Waals surface area contributed by atoms with Gasteiger partial charge >= 0.3 is 6.03 Å². The number of fused-ring (bicyclic) bond motifs is 1. The lowest BCUT2D eigenvalue weighted by Crippen LogP contribution is -2.50. The Hall–Kier alpha value is -2.31. The maximum Gasteiger partial charge on any atom is 0.319 e. The van der Waals surface area contributed by atoms with Crippen LogP contribution in [0.4, 0.5) is 4.79 Å². The fraction of sp³-hybridized carbons (Fsp3) is 0.500. The highest BCUT2D eigenvalue weighted by atomic mass is 16.2. The second-order valence-electron chi connectivity index (χ2n) is 5.52. The first-order chi connectivity index (χ1) is 10.1. The standard InChI is InChI=1S/C14H19N5O2/c1-7-12(8(2)17-14(21)16-7)13(20)15-6-11-9-4-3-5-10(9)18-19-11/h7H,3-6H2,1-2H3,(H,15,20)(H,18,19)(H2,16,17,21). The van der Waals surface area contributed by atoms with Crippen LogP contribution in [0.2, 0.25) is 0 Å². The number of carbonyl (C=O) groups is 2. The molecule has 0 bridgehead atoms. The normalized spacial score (nSPS) is 20.9. The van der Waals surface area contributed by atoms with E-state index in [1.165, 1.54) is 11.3 Å². The van der Waals surface area contributed by atoms with Crippen LogP contribution in [-0.2, 0) is 24.2 Å². The molecule has 0 aromatic carbocycles. The predicted octanol–water partition coefficient (Wildman–Crippen LogP) is 0.490. The highest BCUT2D eigenvalue weighted by Gasteiger charge is 2.27. The number of hydrogen-bond donors (Lipinski definition) is 4. The number of aromatic nitrogens is 2. The third kappa shape index (κ3) is 2.51. The van der Waals surface area contributed by atoms with Crippen LogP contribution >= 0.6 is 0 Å². The molecule has 21 heavy (non-hydrogen) atoms. The Bertz CT molecular complexity index is 631. The SMILES string of the molecule is CC1=C(C(=O)NCc2n[nH]c3c2CCC3)C(C)NC(=O)N1. The second-order valence-corrected chi connectivity index (χ2v) is 5.52. The zero-order valence-electron chi connectivity index (χ0n) is 12.2. The molecule has 1 aromatic rings. The van der Waals surface area contributed by atoms with Gasteiger partial charge in [0.1, 0.15) is 0 Å². The Morgan fingerprint density at radius 3 is 3.00 bits per heavy atom. The van der Waals surface area contributed by atoms with E-state index in [1.807, 2.05) is 0 Å². The van der Waals surface area contributed by atoms with Gasteiger partial charge in [0.15, 0.2) is 0 Å². The first kappa shape index (κ1) is 13.7. The molecule has 1 unspecified atom stereocenters. The largest absolute Gasteiger partial charge is 0.346 e. The summed E-state index contributed by atoms with van der Waals surface area (Å²) in [5.74, 6) is -0.178. The van der Waals surface area contributed by atoms with Crippen molar-refractivity contribution in [2.75, 3.05) is 0 Å². The molecule has 1 aliphatic carbocycles. The van der Waals surface area contributed by atoms with Crippen LogP contribution in [0.5, 0.6) is 0 Å². The summed E-state index contributed by atoms with van der Waals surface area (Å²) < 4.78 is 0. The van der Waals surface area contributed by atoms with Crippen LogP contribution in [0.3, 0.4) is 0 Å². The lowest BCUT2D eigenvalue weighted by atomic mass is 10.0. The number of rotatable bonds is 3. The molecular formula is C14H19N5O2. The maximum absolute atomic E-state index is 12.3. The van der Waals surface area contributed by atoms with Crippen molar-refractivity contribution in [3.63, 3.8) is 0 Å². The van der Waals surface area contributed by atoms with Gasteiger partial charge in [0.05, 0.1) is 23.9 Å². The summed E-state index contributed by atoms with van der Waals surface area (Å²) in [5, 5.41) is 15.5. The van der Waals surface area contributed by atoms with Crippen LogP contribution in [-0.4, -0.2) is 28.2 Å². The van der Waals surface area contributed by atoms with E-state index in [0.717, 1.165) is 25.0 Å². The van der Waals surface area contributed by atoms with Crippen LogP contribution < -0.4 is 16.0 Å². The molecule has 0 saturated carbocycles. The lowest BCUT2D eigenvalue weighted by Gasteiger charge is -2.25. The van der Waals surface area contributed by atoms with Gasteiger partial charge in [-0.1, -0.05) is 0 Å². The summed E-state index contributed by atoms with van der Waals surface area (Å²) in [4.78, 5) is 23.6. The van der Waals surface area contributed by atoms with E-state index in [4.69, 9.17) is 0 Å². The molecule has 0 fully saturated rings. The van der Waals surface area contributed by atoms with Crippen LogP contribution in [0.25, 0.3) is 0 Å².